The largest absolute Gasteiger partial charge is 0.314 e. The highest BCUT2D eigenvalue weighted by Gasteiger charge is 2.02. The maximum absolute atomic E-state index is 3.59. The van der Waals surface area contributed by atoms with Gasteiger partial charge < -0.3 is 10.2 Å². The minimum Gasteiger partial charge on any atom is -0.314 e. The van der Waals surface area contributed by atoms with Gasteiger partial charge in [-0.25, -0.2) is 0 Å². The van der Waals surface area contributed by atoms with Crippen LogP contribution in [-0.4, -0.2) is 38.1 Å². The van der Waals surface area contributed by atoms with Crippen molar-refractivity contribution >= 4 is 0 Å². The Labute approximate surface area is 96.4 Å². The summed E-state index contributed by atoms with van der Waals surface area (Å²) in [6, 6.07) is 0.687. The average molecular weight is 214 g/mol. The first-order valence-electron chi connectivity index (χ1n) is 6.40. The van der Waals surface area contributed by atoms with E-state index in [-0.39, 0.29) is 0 Å². The van der Waals surface area contributed by atoms with E-state index in [1.54, 1.807) is 0 Å². The molecule has 0 saturated carbocycles. The fourth-order valence-electron chi connectivity index (χ4n) is 1.59. The summed E-state index contributed by atoms with van der Waals surface area (Å²) >= 11 is 0. The summed E-state index contributed by atoms with van der Waals surface area (Å²) in [4.78, 5) is 2.25. The van der Waals surface area contributed by atoms with Crippen molar-refractivity contribution in [3.05, 3.63) is 0 Å². The highest BCUT2D eigenvalue weighted by atomic mass is 15.0. The molecule has 0 saturated heterocycles. The first-order chi connectivity index (χ1) is 7.02. The van der Waals surface area contributed by atoms with E-state index < -0.39 is 0 Å². The molecule has 1 N–H and O–H groups in total. The number of nitrogens with zero attached hydrogens (tertiary/aromatic N) is 1. The lowest BCUT2D eigenvalue weighted by Crippen LogP contribution is -2.27. The third-order valence-corrected chi connectivity index (χ3v) is 2.70. The summed E-state index contributed by atoms with van der Waals surface area (Å²) in [6.45, 7) is 9.27. The molecule has 2 heteroatoms. The van der Waals surface area contributed by atoms with Gasteiger partial charge in [0.15, 0.2) is 0 Å². The summed E-state index contributed by atoms with van der Waals surface area (Å²) in [5.41, 5.74) is 0. The lowest BCUT2D eigenvalue weighted by atomic mass is 10.0. The molecule has 0 aliphatic heterocycles. The van der Waals surface area contributed by atoms with Crippen molar-refractivity contribution in [1.82, 2.24) is 10.2 Å². The number of unbranched alkanes of at least 4 members (excludes halogenated alkanes) is 1. The Kier molecular flexibility index (Phi) is 9.12. The van der Waals surface area contributed by atoms with Gasteiger partial charge in [0.05, 0.1) is 0 Å². The van der Waals surface area contributed by atoms with E-state index in [0.717, 1.165) is 5.92 Å². The second-order valence-corrected chi connectivity index (χ2v) is 5.34. The Balaban J connectivity index is 3.20. The molecular formula is C13H30N2. The van der Waals surface area contributed by atoms with Gasteiger partial charge in [0.25, 0.3) is 0 Å². The van der Waals surface area contributed by atoms with Crippen LogP contribution < -0.4 is 5.32 Å². The third kappa shape index (κ3) is 11.8. The van der Waals surface area contributed by atoms with Gasteiger partial charge in [0.2, 0.25) is 0 Å². The third-order valence-electron chi connectivity index (χ3n) is 2.70. The molecule has 0 amide bonds. The van der Waals surface area contributed by atoms with Crippen molar-refractivity contribution in [2.24, 2.45) is 5.92 Å². The van der Waals surface area contributed by atoms with Crippen LogP contribution in [0.5, 0.6) is 0 Å². The minimum absolute atomic E-state index is 0.687. The predicted molar refractivity (Wildman–Crippen MR) is 69.3 cm³/mol. The lowest BCUT2D eigenvalue weighted by Gasteiger charge is -2.15. The standard InChI is InChI=1S/C13H30N2/c1-12(2)8-9-13(3)14-10-6-7-11-15(4)5/h12-14H,6-11H2,1-5H3. The van der Waals surface area contributed by atoms with Crippen molar-refractivity contribution in [1.29, 1.82) is 0 Å². The summed E-state index contributed by atoms with van der Waals surface area (Å²) in [7, 11) is 4.28. The molecular weight excluding hydrogens is 184 g/mol. The fraction of sp³-hybridized carbons (Fsp3) is 1.00. The Morgan fingerprint density at radius 3 is 2.20 bits per heavy atom. The van der Waals surface area contributed by atoms with E-state index in [1.807, 2.05) is 0 Å². The maximum atomic E-state index is 3.59. The summed E-state index contributed by atoms with van der Waals surface area (Å²) in [5.74, 6) is 0.836. The number of hydrogen-bond donors (Lipinski definition) is 1. The van der Waals surface area contributed by atoms with Crippen LogP contribution in [0, 0.1) is 5.92 Å². The fourth-order valence-corrected chi connectivity index (χ4v) is 1.59. The Morgan fingerprint density at radius 1 is 1.00 bits per heavy atom. The molecule has 0 aromatic heterocycles. The van der Waals surface area contributed by atoms with Crippen LogP contribution in [0.25, 0.3) is 0 Å². The van der Waals surface area contributed by atoms with Crippen LogP contribution >= 0.6 is 0 Å². The molecule has 92 valence electrons. The zero-order valence-electron chi connectivity index (χ0n) is 11.3. The highest BCUT2D eigenvalue weighted by Crippen LogP contribution is 2.06. The van der Waals surface area contributed by atoms with Crippen LogP contribution in [0.4, 0.5) is 0 Å². The maximum Gasteiger partial charge on any atom is 0.00388 e. The van der Waals surface area contributed by atoms with Crippen LogP contribution in [0.15, 0.2) is 0 Å². The smallest absolute Gasteiger partial charge is 0.00388 e. The van der Waals surface area contributed by atoms with Crippen LogP contribution in [0.1, 0.15) is 46.5 Å². The molecule has 2 nitrogen and oxygen atoms in total. The minimum atomic E-state index is 0.687. The molecule has 1 atom stereocenters. The predicted octanol–water partition coefficient (Wildman–Crippen LogP) is 2.74. The van der Waals surface area contributed by atoms with E-state index in [0.29, 0.717) is 6.04 Å². The zero-order chi connectivity index (χ0) is 11.7. The number of rotatable bonds is 9. The zero-order valence-corrected chi connectivity index (χ0v) is 11.3. The van der Waals surface area contributed by atoms with E-state index in [2.05, 4.69) is 45.1 Å². The van der Waals surface area contributed by atoms with Crippen LogP contribution in [0.2, 0.25) is 0 Å². The van der Waals surface area contributed by atoms with Gasteiger partial charge >= 0.3 is 0 Å². The van der Waals surface area contributed by atoms with Crippen LogP contribution in [0.3, 0.4) is 0 Å². The van der Waals surface area contributed by atoms with Gasteiger partial charge in [0.1, 0.15) is 0 Å². The first-order valence-corrected chi connectivity index (χ1v) is 6.40. The Hall–Kier alpha value is -0.0800. The molecule has 15 heavy (non-hydrogen) atoms. The lowest BCUT2D eigenvalue weighted by molar-refractivity contribution is 0.384. The van der Waals surface area contributed by atoms with E-state index >= 15 is 0 Å². The summed E-state index contributed by atoms with van der Waals surface area (Å²) in [5, 5.41) is 3.59. The quantitative estimate of drug-likeness (QED) is 0.594. The first kappa shape index (κ1) is 14.9. The summed E-state index contributed by atoms with van der Waals surface area (Å²) < 4.78 is 0. The van der Waals surface area contributed by atoms with Crippen molar-refractivity contribution < 1.29 is 0 Å². The number of hydrogen-bond acceptors (Lipinski definition) is 2. The van der Waals surface area contributed by atoms with Crippen molar-refractivity contribution in [2.45, 2.75) is 52.5 Å². The molecule has 0 radical (unpaired) electrons. The molecule has 0 spiro atoms. The monoisotopic (exact) mass is 214 g/mol. The average Bonchev–Trinajstić information content (AvgIpc) is 2.13. The van der Waals surface area contributed by atoms with Gasteiger partial charge in [-0.2, -0.15) is 0 Å². The summed E-state index contributed by atoms with van der Waals surface area (Å²) in [6.07, 6.45) is 5.25. The highest BCUT2D eigenvalue weighted by molar-refractivity contribution is 4.62. The second-order valence-electron chi connectivity index (χ2n) is 5.34. The molecule has 0 bridgehead atoms. The molecule has 0 heterocycles. The van der Waals surface area contributed by atoms with Crippen molar-refractivity contribution in [2.75, 3.05) is 27.2 Å². The van der Waals surface area contributed by atoms with Gasteiger partial charge in [-0.1, -0.05) is 13.8 Å². The van der Waals surface area contributed by atoms with Crippen LogP contribution in [-0.2, 0) is 0 Å². The molecule has 1 unspecified atom stereocenters. The van der Waals surface area contributed by atoms with Gasteiger partial charge in [-0.05, 0) is 65.7 Å². The molecule has 0 aromatic rings. The molecule has 0 aromatic carbocycles. The van der Waals surface area contributed by atoms with Gasteiger partial charge in [-0.3, -0.25) is 0 Å². The van der Waals surface area contributed by atoms with Crippen molar-refractivity contribution in [3.8, 4) is 0 Å². The molecule has 0 aliphatic rings. The van der Waals surface area contributed by atoms with E-state index in [9.17, 15) is 0 Å². The number of nitrogens with one attached hydrogen (secondary N) is 1. The van der Waals surface area contributed by atoms with Crippen molar-refractivity contribution in [3.63, 3.8) is 0 Å². The molecule has 0 rings (SSSR count). The SMILES string of the molecule is CC(C)CCC(C)NCCCCN(C)C. The van der Waals surface area contributed by atoms with Gasteiger partial charge in [-0.15, -0.1) is 0 Å². The Bertz CT molecular complexity index is 132. The second kappa shape index (κ2) is 9.17. The molecule has 0 fully saturated rings. The normalized spacial score (nSPS) is 13.8. The van der Waals surface area contributed by atoms with E-state index in [1.165, 1.54) is 38.8 Å². The van der Waals surface area contributed by atoms with Gasteiger partial charge in [0, 0.05) is 6.04 Å². The van der Waals surface area contributed by atoms with E-state index in [4.69, 9.17) is 0 Å². The topological polar surface area (TPSA) is 15.3 Å². The Morgan fingerprint density at radius 2 is 1.67 bits per heavy atom. The molecule has 0 aliphatic carbocycles.